The van der Waals surface area contributed by atoms with Gasteiger partial charge < -0.3 is 15.4 Å². The van der Waals surface area contributed by atoms with Crippen molar-refractivity contribution in [2.45, 2.75) is 6.92 Å². The molecule has 0 bridgehead atoms. The number of hydrogen-bond acceptors (Lipinski definition) is 6. The topological polar surface area (TPSA) is 93.2 Å². The third kappa shape index (κ3) is 4.63. The molecule has 1 heterocycles. The Morgan fingerprint density at radius 1 is 0.964 bits per heavy atom. The second-order valence-corrected chi connectivity index (χ2v) is 6.27. The third-order valence-corrected chi connectivity index (χ3v) is 4.17. The molecule has 3 rings (SSSR count). The van der Waals surface area contributed by atoms with Gasteiger partial charge in [0.25, 0.3) is 5.91 Å². The number of nitrogens with zero attached hydrogens (tertiary/aromatic N) is 2. The largest absolute Gasteiger partial charge is 0.495 e. The molecule has 3 aromatic rings. The average Bonchev–Trinajstić information content (AvgIpc) is 2.69. The number of hydrogen-bond donors (Lipinski definition) is 2. The molecule has 1 aromatic heterocycles. The van der Waals surface area contributed by atoms with Gasteiger partial charge in [0.2, 0.25) is 0 Å². The lowest BCUT2D eigenvalue weighted by Gasteiger charge is -2.09. The van der Waals surface area contributed by atoms with Gasteiger partial charge in [-0.05, 0) is 61.5 Å². The Hall–Kier alpha value is -3.45. The van der Waals surface area contributed by atoms with E-state index in [1.165, 1.54) is 6.92 Å². The Kier molecular flexibility index (Phi) is 5.86. The van der Waals surface area contributed by atoms with Crippen molar-refractivity contribution in [3.05, 3.63) is 70.9 Å². The second-order valence-electron chi connectivity index (χ2n) is 5.87. The molecule has 1 amide bonds. The Bertz CT molecular complexity index is 1000. The van der Waals surface area contributed by atoms with Crippen LogP contribution in [0.15, 0.2) is 54.6 Å². The van der Waals surface area contributed by atoms with Crippen LogP contribution in [-0.4, -0.2) is 29.0 Å². The van der Waals surface area contributed by atoms with Crippen LogP contribution < -0.4 is 15.4 Å². The fourth-order valence-electron chi connectivity index (χ4n) is 2.40. The Morgan fingerprint density at radius 3 is 2.25 bits per heavy atom. The number of aromatic nitrogens is 2. The number of methoxy groups -OCH3 is 1. The van der Waals surface area contributed by atoms with Gasteiger partial charge in [0.1, 0.15) is 5.75 Å². The van der Waals surface area contributed by atoms with Gasteiger partial charge in [-0.25, -0.2) is 0 Å². The number of halogens is 1. The van der Waals surface area contributed by atoms with Crippen LogP contribution in [0.25, 0.3) is 0 Å². The molecule has 0 fully saturated rings. The highest BCUT2D eigenvalue weighted by atomic mass is 35.5. The molecule has 142 valence electrons. The maximum Gasteiger partial charge on any atom is 0.276 e. The summed E-state index contributed by atoms with van der Waals surface area (Å²) in [5.74, 6) is 0.595. The highest BCUT2D eigenvalue weighted by molar-refractivity contribution is 6.32. The summed E-state index contributed by atoms with van der Waals surface area (Å²) in [4.78, 5) is 23.6. The van der Waals surface area contributed by atoms with E-state index in [2.05, 4.69) is 20.8 Å². The molecule has 2 aromatic carbocycles. The van der Waals surface area contributed by atoms with Gasteiger partial charge in [0.15, 0.2) is 17.3 Å². The number of carbonyl (C=O) groups excluding carboxylic acids is 2. The number of amides is 1. The molecule has 0 aliphatic carbocycles. The van der Waals surface area contributed by atoms with Gasteiger partial charge in [0, 0.05) is 16.9 Å². The molecule has 0 aliphatic heterocycles. The lowest BCUT2D eigenvalue weighted by Crippen LogP contribution is -2.14. The van der Waals surface area contributed by atoms with Crippen LogP contribution in [-0.2, 0) is 0 Å². The first-order valence-electron chi connectivity index (χ1n) is 8.33. The second kappa shape index (κ2) is 8.49. The fourth-order valence-corrected chi connectivity index (χ4v) is 2.65. The predicted molar refractivity (Wildman–Crippen MR) is 108 cm³/mol. The first kappa shape index (κ1) is 19.3. The van der Waals surface area contributed by atoms with E-state index in [0.29, 0.717) is 33.5 Å². The molecule has 0 saturated heterocycles. The van der Waals surface area contributed by atoms with Gasteiger partial charge in [-0.2, -0.15) is 0 Å². The van der Waals surface area contributed by atoms with E-state index in [4.69, 9.17) is 16.3 Å². The van der Waals surface area contributed by atoms with Crippen LogP contribution in [0.4, 0.5) is 17.2 Å². The monoisotopic (exact) mass is 396 g/mol. The number of rotatable bonds is 6. The van der Waals surface area contributed by atoms with Crippen molar-refractivity contribution in [3.8, 4) is 5.75 Å². The first-order chi connectivity index (χ1) is 13.5. The molecular formula is C20H17ClN4O3. The number of anilines is 3. The van der Waals surface area contributed by atoms with E-state index in [1.54, 1.807) is 61.7 Å². The van der Waals surface area contributed by atoms with Crippen LogP contribution in [0.1, 0.15) is 27.8 Å². The zero-order valence-electron chi connectivity index (χ0n) is 15.2. The van der Waals surface area contributed by atoms with Crippen LogP contribution >= 0.6 is 11.6 Å². The standard InChI is InChI=1S/C20H17ClN4O3/c1-12(26)13-3-5-14(6-4-13)23-20(27)17-8-10-19(25-24-17)22-15-7-9-18(28-2)16(21)11-15/h3-11H,1-2H3,(H,22,25)(H,23,27). The summed E-state index contributed by atoms with van der Waals surface area (Å²) >= 11 is 6.09. The molecule has 0 radical (unpaired) electrons. The summed E-state index contributed by atoms with van der Waals surface area (Å²) in [5.41, 5.74) is 2.01. The zero-order chi connectivity index (χ0) is 20.1. The molecule has 0 unspecified atom stereocenters. The van der Waals surface area contributed by atoms with E-state index in [1.807, 2.05) is 0 Å². The fraction of sp³-hybridized carbons (Fsp3) is 0.100. The number of benzene rings is 2. The van der Waals surface area contributed by atoms with Crippen LogP contribution in [0.5, 0.6) is 5.75 Å². The van der Waals surface area contributed by atoms with Crippen molar-refractivity contribution in [1.29, 1.82) is 0 Å². The summed E-state index contributed by atoms with van der Waals surface area (Å²) in [7, 11) is 1.54. The Labute approximate surface area is 166 Å². The zero-order valence-corrected chi connectivity index (χ0v) is 15.9. The van der Waals surface area contributed by atoms with Gasteiger partial charge in [-0.1, -0.05) is 11.6 Å². The number of ketones is 1. The number of nitrogens with one attached hydrogen (secondary N) is 2. The SMILES string of the molecule is COc1ccc(Nc2ccc(C(=O)Nc3ccc(C(C)=O)cc3)nn2)cc1Cl. The highest BCUT2D eigenvalue weighted by Gasteiger charge is 2.10. The lowest BCUT2D eigenvalue weighted by molar-refractivity contribution is 0.101. The number of Topliss-reactive ketones (excluding diaryl/α,β-unsaturated/α-hetero) is 1. The molecule has 0 saturated carbocycles. The summed E-state index contributed by atoms with van der Waals surface area (Å²) < 4.78 is 5.11. The number of carbonyl (C=O) groups is 2. The molecular weight excluding hydrogens is 380 g/mol. The summed E-state index contributed by atoms with van der Waals surface area (Å²) in [6.07, 6.45) is 0. The highest BCUT2D eigenvalue weighted by Crippen LogP contribution is 2.28. The summed E-state index contributed by atoms with van der Waals surface area (Å²) in [6, 6.07) is 15.0. The summed E-state index contributed by atoms with van der Waals surface area (Å²) in [6.45, 7) is 1.48. The van der Waals surface area contributed by atoms with Crippen molar-refractivity contribution >= 4 is 40.5 Å². The van der Waals surface area contributed by atoms with Crippen molar-refractivity contribution in [2.24, 2.45) is 0 Å². The molecule has 0 aliphatic rings. The Balaban J connectivity index is 1.65. The minimum Gasteiger partial charge on any atom is -0.495 e. The van der Waals surface area contributed by atoms with Crippen molar-refractivity contribution in [1.82, 2.24) is 10.2 Å². The van der Waals surface area contributed by atoms with Crippen LogP contribution in [0.3, 0.4) is 0 Å². The van der Waals surface area contributed by atoms with Crippen molar-refractivity contribution in [2.75, 3.05) is 17.7 Å². The molecule has 7 nitrogen and oxygen atoms in total. The van der Waals surface area contributed by atoms with E-state index in [-0.39, 0.29) is 11.5 Å². The van der Waals surface area contributed by atoms with Gasteiger partial charge in [0.05, 0.1) is 12.1 Å². The Morgan fingerprint density at radius 2 is 1.68 bits per heavy atom. The van der Waals surface area contributed by atoms with Crippen molar-refractivity contribution in [3.63, 3.8) is 0 Å². The van der Waals surface area contributed by atoms with E-state index in [0.717, 1.165) is 0 Å². The van der Waals surface area contributed by atoms with Gasteiger partial charge >= 0.3 is 0 Å². The number of ether oxygens (including phenoxy) is 1. The van der Waals surface area contributed by atoms with Crippen molar-refractivity contribution < 1.29 is 14.3 Å². The smallest absolute Gasteiger partial charge is 0.276 e. The van der Waals surface area contributed by atoms with Crippen LogP contribution in [0.2, 0.25) is 5.02 Å². The molecule has 2 N–H and O–H groups in total. The molecule has 28 heavy (non-hydrogen) atoms. The minimum absolute atomic E-state index is 0.0371. The third-order valence-electron chi connectivity index (χ3n) is 3.87. The van der Waals surface area contributed by atoms with Gasteiger partial charge in [-0.3, -0.25) is 9.59 Å². The molecule has 0 atom stereocenters. The lowest BCUT2D eigenvalue weighted by atomic mass is 10.1. The minimum atomic E-state index is -0.401. The van der Waals surface area contributed by atoms with E-state index in [9.17, 15) is 9.59 Å². The normalized spacial score (nSPS) is 10.2. The summed E-state index contributed by atoms with van der Waals surface area (Å²) in [5, 5.41) is 14.2. The van der Waals surface area contributed by atoms with Crippen LogP contribution in [0, 0.1) is 0 Å². The first-order valence-corrected chi connectivity index (χ1v) is 8.70. The quantitative estimate of drug-likeness (QED) is 0.602. The molecule has 0 spiro atoms. The van der Waals surface area contributed by atoms with Gasteiger partial charge in [-0.15, -0.1) is 10.2 Å². The maximum atomic E-state index is 12.3. The average molecular weight is 397 g/mol. The predicted octanol–water partition coefficient (Wildman–Crippen LogP) is 4.34. The van der Waals surface area contributed by atoms with E-state index < -0.39 is 5.91 Å². The molecule has 8 heteroatoms. The maximum absolute atomic E-state index is 12.3. The van der Waals surface area contributed by atoms with E-state index >= 15 is 0 Å².